The van der Waals surface area contributed by atoms with Gasteiger partial charge in [-0.15, -0.1) is 0 Å². The Balaban J connectivity index is 1.56. The van der Waals surface area contributed by atoms with Crippen molar-refractivity contribution in [3.8, 4) is 5.75 Å². The number of Topliss-reactive ketones (excluding diaryl/α,β-unsaturated/α-hetero) is 1. The topological polar surface area (TPSA) is 79.0 Å². The number of hydrogen-bond acceptors (Lipinski definition) is 6. The molecule has 0 radical (unpaired) electrons. The van der Waals surface area contributed by atoms with E-state index in [-0.39, 0.29) is 24.2 Å². The van der Waals surface area contributed by atoms with E-state index >= 15 is 0 Å². The number of ether oxygens (including phenoxy) is 1. The summed E-state index contributed by atoms with van der Waals surface area (Å²) in [7, 11) is 0. The van der Waals surface area contributed by atoms with Crippen molar-refractivity contribution >= 4 is 35.0 Å². The van der Waals surface area contributed by atoms with Gasteiger partial charge in [0.1, 0.15) is 17.6 Å². The molecular formula is C25H30FN3O4S. The van der Waals surface area contributed by atoms with Gasteiger partial charge in [0.2, 0.25) is 5.91 Å². The van der Waals surface area contributed by atoms with Crippen LogP contribution in [0.2, 0.25) is 0 Å². The van der Waals surface area contributed by atoms with Crippen LogP contribution in [0.3, 0.4) is 0 Å². The normalized spacial score (nSPS) is 14.4. The third kappa shape index (κ3) is 6.96. The van der Waals surface area contributed by atoms with Gasteiger partial charge in [-0.3, -0.25) is 14.4 Å². The lowest BCUT2D eigenvalue weighted by Crippen LogP contribution is -2.55. The Kier molecular flexibility index (Phi) is 9.33. The summed E-state index contributed by atoms with van der Waals surface area (Å²) in [6, 6.07) is 12.9. The molecule has 3 rings (SSSR count). The van der Waals surface area contributed by atoms with Gasteiger partial charge in [-0.2, -0.15) is 11.8 Å². The first kappa shape index (κ1) is 25.6. The summed E-state index contributed by atoms with van der Waals surface area (Å²) in [5, 5.41) is 2.81. The first-order valence-corrected chi connectivity index (χ1v) is 12.6. The number of anilines is 1. The molecule has 1 fully saturated rings. The van der Waals surface area contributed by atoms with Crippen LogP contribution >= 0.6 is 11.8 Å². The predicted octanol–water partition coefficient (Wildman–Crippen LogP) is 2.99. The van der Waals surface area contributed by atoms with E-state index in [1.165, 1.54) is 13.0 Å². The lowest BCUT2D eigenvalue weighted by molar-refractivity contribution is -0.137. The van der Waals surface area contributed by atoms with Gasteiger partial charge in [0.05, 0.1) is 5.69 Å². The Morgan fingerprint density at radius 2 is 1.79 bits per heavy atom. The first-order valence-electron chi connectivity index (χ1n) is 11.2. The Morgan fingerprint density at radius 3 is 2.41 bits per heavy atom. The lowest BCUT2D eigenvalue weighted by Gasteiger charge is -2.37. The van der Waals surface area contributed by atoms with E-state index in [0.717, 1.165) is 5.75 Å². The molecule has 0 aromatic heterocycles. The van der Waals surface area contributed by atoms with Gasteiger partial charge in [0.15, 0.2) is 12.4 Å². The number of hydrogen-bond donors (Lipinski definition) is 1. The fourth-order valence-corrected chi connectivity index (χ4v) is 4.24. The molecule has 1 aliphatic rings. The highest BCUT2D eigenvalue weighted by Crippen LogP contribution is 2.22. The monoisotopic (exact) mass is 487 g/mol. The highest BCUT2D eigenvalue weighted by Gasteiger charge is 2.29. The van der Waals surface area contributed by atoms with E-state index in [1.54, 1.807) is 40.9 Å². The van der Waals surface area contributed by atoms with Gasteiger partial charge in [-0.05, 0) is 55.7 Å². The molecule has 1 aliphatic heterocycles. The minimum atomic E-state index is -0.641. The van der Waals surface area contributed by atoms with Crippen LogP contribution < -0.4 is 15.0 Å². The SMILES string of the molecule is CSCCC(NC(=O)COc1ccccc1)C(=O)N1CCN(c2ccc(C(C)=O)cc2F)CC1. The summed E-state index contributed by atoms with van der Waals surface area (Å²) in [6.45, 7) is 2.98. The van der Waals surface area contributed by atoms with E-state index in [2.05, 4.69) is 5.32 Å². The average molecular weight is 488 g/mol. The number of piperazine rings is 1. The minimum absolute atomic E-state index is 0.144. The van der Waals surface area contributed by atoms with Crippen LogP contribution in [0.15, 0.2) is 48.5 Å². The van der Waals surface area contributed by atoms with Gasteiger partial charge in [0, 0.05) is 31.7 Å². The largest absolute Gasteiger partial charge is 0.484 e. The van der Waals surface area contributed by atoms with Crippen LogP contribution in [0.25, 0.3) is 0 Å². The minimum Gasteiger partial charge on any atom is -0.484 e. The number of halogens is 1. The van der Waals surface area contributed by atoms with Crippen LogP contribution in [0.1, 0.15) is 23.7 Å². The Hall–Kier alpha value is -3.07. The molecule has 0 saturated carbocycles. The average Bonchev–Trinajstić information content (AvgIpc) is 2.85. The van der Waals surface area contributed by atoms with Crippen molar-refractivity contribution < 1.29 is 23.5 Å². The molecule has 1 heterocycles. The van der Waals surface area contributed by atoms with E-state index in [4.69, 9.17) is 4.74 Å². The zero-order chi connectivity index (χ0) is 24.5. The highest BCUT2D eigenvalue weighted by atomic mass is 32.2. The number of carbonyl (C=O) groups excluding carboxylic acids is 3. The maximum Gasteiger partial charge on any atom is 0.258 e. The van der Waals surface area contributed by atoms with Crippen molar-refractivity contribution in [1.82, 2.24) is 10.2 Å². The number of amides is 2. The summed E-state index contributed by atoms with van der Waals surface area (Å²) in [5.74, 6) is 0.182. The Morgan fingerprint density at radius 1 is 1.09 bits per heavy atom. The van der Waals surface area contributed by atoms with Crippen LogP contribution in [-0.4, -0.2) is 73.3 Å². The second-order valence-electron chi connectivity index (χ2n) is 8.04. The predicted molar refractivity (Wildman–Crippen MR) is 132 cm³/mol. The number of benzene rings is 2. The second kappa shape index (κ2) is 12.4. The molecular weight excluding hydrogens is 457 g/mol. The highest BCUT2D eigenvalue weighted by molar-refractivity contribution is 7.98. The molecule has 1 N–H and O–H groups in total. The molecule has 0 bridgehead atoms. The van der Waals surface area contributed by atoms with Crippen molar-refractivity contribution in [2.24, 2.45) is 0 Å². The van der Waals surface area contributed by atoms with Gasteiger partial charge in [0.25, 0.3) is 5.91 Å². The summed E-state index contributed by atoms with van der Waals surface area (Å²) >= 11 is 1.61. The molecule has 2 aromatic rings. The smallest absolute Gasteiger partial charge is 0.258 e. The maximum atomic E-state index is 14.5. The van der Waals surface area contributed by atoms with Crippen LogP contribution in [0, 0.1) is 5.82 Å². The molecule has 2 aromatic carbocycles. The number of nitrogens with one attached hydrogen (secondary N) is 1. The maximum absolute atomic E-state index is 14.5. The number of rotatable bonds is 10. The van der Waals surface area contributed by atoms with E-state index in [9.17, 15) is 18.8 Å². The fraction of sp³-hybridized carbons (Fsp3) is 0.400. The molecule has 34 heavy (non-hydrogen) atoms. The zero-order valence-corrected chi connectivity index (χ0v) is 20.3. The quantitative estimate of drug-likeness (QED) is 0.519. The standard InChI is InChI=1S/C25H30FN3O4S/c1-18(30)19-8-9-23(21(26)16-19)28-11-13-29(14-12-28)25(32)22(10-15-34-2)27-24(31)17-33-20-6-4-3-5-7-20/h3-9,16,22H,10-15,17H2,1-2H3,(H,27,31). The molecule has 0 aliphatic carbocycles. The summed E-state index contributed by atoms with van der Waals surface area (Å²) in [6.07, 6.45) is 2.46. The number of carbonyl (C=O) groups is 3. The Labute approximate surface area is 203 Å². The molecule has 182 valence electrons. The van der Waals surface area contributed by atoms with Gasteiger partial charge >= 0.3 is 0 Å². The molecule has 1 saturated heterocycles. The third-order valence-electron chi connectivity index (χ3n) is 5.64. The molecule has 1 unspecified atom stereocenters. The third-order valence-corrected chi connectivity index (χ3v) is 6.29. The van der Waals surface area contributed by atoms with E-state index < -0.39 is 11.9 Å². The number of ketones is 1. The Bertz CT molecular complexity index is 997. The van der Waals surface area contributed by atoms with Crippen molar-refractivity contribution in [3.05, 3.63) is 59.9 Å². The molecule has 7 nitrogen and oxygen atoms in total. The lowest BCUT2D eigenvalue weighted by atomic mass is 10.1. The van der Waals surface area contributed by atoms with Gasteiger partial charge in [-0.25, -0.2) is 4.39 Å². The second-order valence-corrected chi connectivity index (χ2v) is 9.02. The summed E-state index contributed by atoms with van der Waals surface area (Å²) in [4.78, 5) is 40.7. The van der Waals surface area contributed by atoms with Crippen molar-refractivity contribution in [3.63, 3.8) is 0 Å². The molecule has 1 atom stereocenters. The number of thioether (sulfide) groups is 1. The first-order chi connectivity index (χ1) is 16.4. The summed E-state index contributed by atoms with van der Waals surface area (Å²) in [5.41, 5.74) is 0.751. The van der Waals surface area contributed by atoms with Gasteiger partial charge in [-0.1, -0.05) is 18.2 Å². The van der Waals surface area contributed by atoms with Gasteiger partial charge < -0.3 is 19.9 Å². The van der Waals surface area contributed by atoms with Crippen LogP contribution in [0.4, 0.5) is 10.1 Å². The summed E-state index contributed by atoms with van der Waals surface area (Å²) < 4.78 is 20.0. The molecule has 0 spiro atoms. The fourth-order valence-electron chi connectivity index (χ4n) is 3.77. The van der Waals surface area contributed by atoms with E-state index in [0.29, 0.717) is 49.6 Å². The molecule has 9 heteroatoms. The number of nitrogens with zero attached hydrogens (tertiary/aromatic N) is 2. The van der Waals surface area contributed by atoms with Crippen molar-refractivity contribution in [2.45, 2.75) is 19.4 Å². The zero-order valence-electron chi connectivity index (χ0n) is 19.5. The van der Waals surface area contributed by atoms with Crippen LogP contribution in [0.5, 0.6) is 5.75 Å². The number of para-hydroxylation sites is 1. The van der Waals surface area contributed by atoms with Crippen molar-refractivity contribution in [2.75, 3.05) is 49.7 Å². The van der Waals surface area contributed by atoms with E-state index in [1.807, 2.05) is 29.4 Å². The van der Waals surface area contributed by atoms with Crippen LogP contribution in [-0.2, 0) is 9.59 Å². The van der Waals surface area contributed by atoms with Crippen molar-refractivity contribution in [1.29, 1.82) is 0 Å². The molecule has 2 amide bonds.